The van der Waals surface area contributed by atoms with Crippen molar-refractivity contribution in [2.75, 3.05) is 13.1 Å². The number of hydrogen-bond donors (Lipinski definition) is 1. The Kier molecular flexibility index (Phi) is 6.20. The standard InChI is InChI=1S/C21H22ClF2NO3/c1-2-21(23,24)17-5-3-4-15(8-17)13-28-19-7-6-14(9-18(19)22)10-25-11-16(12-25)20(26)27/h3-9,16H,2,10-13H2,1H3,(H,26,27). The first-order valence-electron chi connectivity index (χ1n) is 9.12. The maximum absolute atomic E-state index is 13.8. The molecule has 0 unspecified atom stereocenters. The lowest BCUT2D eigenvalue weighted by atomic mass is 9.99. The Morgan fingerprint density at radius 3 is 2.64 bits per heavy atom. The van der Waals surface area contributed by atoms with Gasteiger partial charge >= 0.3 is 5.97 Å². The molecule has 0 saturated carbocycles. The summed E-state index contributed by atoms with van der Waals surface area (Å²) in [6.07, 6.45) is -0.255. The molecular weight excluding hydrogens is 388 g/mol. The first-order valence-corrected chi connectivity index (χ1v) is 9.50. The average Bonchev–Trinajstić information content (AvgIpc) is 2.63. The van der Waals surface area contributed by atoms with Crippen molar-refractivity contribution in [3.63, 3.8) is 0 Å². The number of ether oxygens (including phenoxy) is 1. The van der Waals surface area contributed by atoms with Gasteiger partial charge in [-0.2, -0.15) is 0 Å². The number of aliphatic carboxylic acids is 1. The monoisotopic (exact) mass is 409 g/mol. The van der Waals surface area contributed by atoms with Crippen molar-refractivity contribution in [1.29, 1.82) is 0 Å². The molecule has 2 aromatic rings. The van der Waals surface area contributed by atoms with Crippen LogP contribution in [0.3, 0.4) is 0 Å². The molecular formula is C21H22ClF2NO3. The van der Waals surface area contributed by atoms with Gasteiger partial charge in [-0.25, -0.2) is 8.78 Å². The molecule has 1 N–H and O–H groups in total. The summed E-state index contributed by atoms with van der Waals surface area (Å²) < 4.78 is 33.4. The average molecular weight is 410 g/mol. The number of likely N-dealkylation sites (tertiary alicyclic amines) is 1. The summed E-state index contributed by atoms with van der Waals surface area (Å²) in [7, 11) is 0. The van der Waals surface area contributed by atoms with E-state index in [9.17, 15) is 13.6 Å². The molecule has 0 spiro atoms. The van der Waals surface area contributed by atoms with Crippen LogP contribution in [0.2, 0.25) is 5.02 Å². The lowest BCUT2D eigenvalue weighted by molar-refractivity contribution is -0.147. The molecule has 4 nitrogen and oxygen atoms in total. The Morgan fingerprint density at radius 1 is 1.25 bits per heavy atom. The molecule has 1 fully saturated rings. The Labute approximate surface area is 167 Å². The van der Waals surface area contributed by atoms with E-state index in [2.05, 4.69) is 0 Å². The van der Waals surface area contributed by atoms with Gasteiger partial charge in [-0.3, -0.25) is 9.69 Å². The van der Waals surface area contributed by atoms with Gasteiger partial charge in [0.2, 0.25) is 0 Å². The second kappa shape index (κ2) is 8.45. The fourth-order valence-electron chi connectivity index (χ4n) is 3.13. The number of carbonyl (C=O) groups is 1. The second-order valence-electron chi connectivity index (χ2n) is 7.04. The van der Waals surface area contributed by atoms with Crippen molar-refractivity contribution in [2.24, 2.45) is 5.92 Å². The third-order valence-electron chi connectivity index (χ3n) is 4.90. The molecule has 0 aliphatic carbocycles. The molecule has 1 aliphatic rings. The van der Waals surface area contributed by atoms with Crippen molar-refractivity contribution < 1.29 is 23.4 Å². The quantitative estimate of drug-likeness (QED) is 0.671. The van der Waals surface area contributed by atoms with E-state index >= 15 is 0 Å². The molecule has 0 radical (unpaired) electrons. The summed E-state index contributed by atoms with van der Waals surface area (Å²) in [6.45, 7) is 3.28. The Balaban J connectivity index is 1.58. The van der Waals surface area contributed by atoms with E-state index in [1.165, 1.54) is 19.1 Å². The van der Waals surface area contributed by atoms with Gasteiger partial charge in [0.25, 0.3) is 5.92 Å². The highest BCUT2D eigenvalue weighted by atomic mass is 35.5. The highest BCUT2D eigenvalue weighted by molar-refractivity contribution is 6.32. The van der Waals surface area contributed by atoms with Gasteiger partial charge in [-0.05, 0) is 29.3 Å². The van der Waals surface area contributed by atoms with Gasteiger partial charge in [0.05, 0.1) is 10.9 Å². The highest BCUT2D eigenvalue weighted by Crippen LogP contribution is 2.32. The minimum Gasteiger partial charge on any atom is -0.487 e. The zero-order valence-electron chi connectivity index (χ0n) is 15.5. The van der Waals surface area contributed by atoms with Crippen molar-refractivity contribution in [3.8, 4) is 5.75 Å². The zero-order chi connectivity index (χ0) is 20.3. The third-order valence-corrected chi connectivity index (χ3v) is 5.19. The topological polar surface area (TPSA) is 49.8 Å². The van der Waals surface area contributed by atoms with E-state index < -0.39 is 11.9 Å². The molecule has 1 heterocycles. The summed E-state index contributed by atoms with van der Waals surface area (Å²) in [5.74, 6) is -3.44. The lowest BCUT2D eigenvalue weighted by Crippen LogP contribution is -2.49. The third kappa shape index (κ3) is 4.80. The fourth-order valence-corrected chi connectivity index (χ4v) is 3.38. The van der Waals surface area contributed by atoms with Crippen molar-refractivity contribution in [3.05, 3.63) is 64.2 Å². The number of hydrogen-bond acceptors (Lipinski definition) is 3. The number of halogens is 3. The molecule has 0 aromatic heterocycles. The molecule has 28 heavy (non-hydrogen) atoms. The molecule has 1 aliphatic heterocycles. The van der Waals surface area contributed by atoms with Crippen LogP contribution in [-0.2, 0) is 23.9 Å². The normalized spacial score (nSPS) is 15.3. The molecule has 7 heteroatoms. The largest absolute Gasteiger partial charge is 0.487 e. The van der Waals surface area contributed by atoms with Crippen LogP contribution in [0.15, 0.2) is 42.5 Å². The van der Waals surface area contributed by atoms with Crippen LogP contribution in [0.5, 0.6) is 5.75 Å². The predicted octanol–water partition coefficient (Wildman–Crippen LogP) is 4.94. The minimum atomic E-state index is -2.86. The molecule has 0 bridgehead atoms. The molecule has 0 atom stereocenters. The Morgan fingerprint density at radius 2 is 2.00 bits per heavy atom. The maximum Gasteiger partial charge on any atom is 0.309 e. The summed E-state index contributed by atoms with van der Waals surface area (Å²) >= 11 is 6.29. The summed E-state index contributed by atoms with van der Waals surface area (Å²) in [6, 6.07) is 11.6. The summed E-state index contributed by atoms with van der Waals surface area (Å²) in [4.78, 5) is 12.9. The number of carboxylic acids is 1. The van der Waals surface area contributed by atoms with E-state index in [-0.39, 0.29) is 24.5 Å². The van der Waals surface area contributed by atoms with Crippen LogP contribution < -0.4 is 4.74 Å². The van der Waals surface area contributed by atoms with Crippen LogP contribution in [0.1, 0.15) is 30.0 Å². The Bertz CT molecular complexity index is 853. The predicted molar refractivity (Wildman–Crippen MR) is 103 cm³/mol. The van der Waals surface area contributed by atoms with Gasteiger partial charge in [0.1, 0.15) is 12.4 Å². The van der Waals surface area contributed by atoms with Crippen molar-refractivity contribution in [1.82, 2.24) is 4.90 Å². The minimum absolute atomic E-state index is 0.0215. The number of nitrogens with zero attached hydrogens (tertiary/aromatic N) is 1. The fraction of sp³-hybridized carbons (Fsp3) is 0.381. The summed E-state index contributed by atoms with van der Waals surface area (Å²) in [5, 5.41) is 9.35. The van der Waals surface area contributed by atoms with Gasteiger partial charge in [-0.15, -0.1) is 0 Å². The zero-order valence-corrected chi connectivity index (χ0v) is 16.3. The van der Waals surface area contributed by atoms with Gasteiger partial charge in [0.15, 0.2) is 0 Å². The number of carboxylic acid groups (broad SMARTS) is 1. The maximum atomic E-state index is 13.8. The van der Waals surface area contributed by atoms with Gasteiger partial charge in [-0.1, -0.05) is 42.8 Å². The molecule has 150 valence electrons. The first-order chi connectivity index (χ1) is 13.3. The van der Waals surface area contributed by atoms with Gasteiger partial charge < -0.3 is 9.84 Å². The van der Waals surface area contributed by atoms with E-state index in [0.717, 1.165) is 5.56 Å². The van der Waals surface area contributed by atoms with Gasteiger partial charge in [0, 0.05) is 31.6 Å². The van der Waals surface area contributed by atoms with E-state index in [1.807, 2.05) is 11.0 Å². The smallest absolute Gasteiger partial charge is 0.309 e. The van der Waals surface area contributed by atoms with E-state index in [1.54, 1.807) is 24.3 Å². The molecule has 2 aromatic carbocycles. The van der Waals surface area contributed by atoms with Crippen LogP contribution in [0.4, 0.5) is 8.78 Å². The van der Waals surface area contributed by atoms with Crippen molar-refractivity contribution in [2.45, 2.75) is 32.4 Å². The van der Waals surface area contributed by atoms with E-state index in [4.69, 9.17) is 21.4 Å². The van der Waals surface area contributed by atoms with Crippen LogP contribution in [0.25, 0.3) is 0 Å². The lowest BCUT2D eigenvalue weighted by Gasteiger charge is -2.36. The number of benzene rings is 2. The SMILES string of the molecule is CCC(F)(F)c1cccc(COc2ccc(CN3CC(C(=O)O)C3)cc2Cl)c1. The van der Waals surface area contributed by atoms with Crippen LogP contribution >= 0.6 is 11.6 Å². The molecule has 0 amide bonds. The highest BCUT2D eigenvalue weighted by Gasteiger charge is 2.32. The van der Waals surface area contributed by atoms with Crippen molar-refractivity contribution >= 4 is 17.6 Å². The Hall–Kier alpha value is -2.18. The van der Waals surface area contributed by atoms with Crippen LogP contribution in [-0.4, -0.2) is 29.1 Å². The molecule has 3 rings (SSSR count). The number of alkyl halides is 2. The second-order valence-corrected chi connectivity index (χ2v) is 7.45. The molecule has 1 saturated heterocycles. The van der Waals surface area contributed by atoms with Crippen LogP contribution in [0, 0.1) is 5.92 Å². The number of rotatable bonds is 8. The summed E-state index contributed by atoms with van der Waals surface area (Å²) in [5.41, 5.74) is 1.59. The van der Waals surface area contributed by atoms with E-state index in [0.29, 0.717) is 36.0 Å². The first kappa shape index (κ1) is 20.6.